The molecule has 184 valence electrons. The van der Waals surface area contributed by atoms with E-state index < -0.39 is 11.8 Å². The van der Waals surface area contributed by atoms with Crippen molar-refractivity contribution in [2.75, 3.05) is 20.8 Å². The van der Waals surface area contributed by atoms with Crippen molar-refractivity contribution in [1.82, 2.24) is 10.9 Å². The summed E-state index contributed by atoms with van der Waals surface area (Å²) in [7, 11) is 2.77. The average molecular weight is 490 g/mol. The molecule has 1 atom stereocenters. The van der Waals surface area contributed by atoms with E-state index in [1.165, 1.54) is 48.1 Å². The number of methoxy groups -OCH3 is 2. The maximum absolute atomic E-state index is 12.7. The molecule has 10 heteroatoms. The van der Waals surface area contributed by atoms with E-state index in [1.807, 2.05) is 6.07 Å². The van der Waals surface area contributed by atoms with Gasteiger partial charge in [-0.25, -0.2) is 0 Å². The SMILES string of the molecule is COc1cc(C(=O)NNC(=O)c2cc3c(s2)CCC(C(C)(C)C)C3)cc(OC)c1OCC(N)=O. The Labute approximate surface area is 202 Å². The number of carbonyl (C=O) groups excluding carboxylic acids is 3. The fourth-order valence-corrected chi connectivity index (χ4v) is 5.02. The molecule has 1 aromatic heterocycles. The van der Waals surface area contributed by atoms with Gasteiger partial charge >= 0.3 is 0 Å². The molecule has 4 N–H and O–H groups in total. The minimum absolute atomic E-state index is 0.141. The van der Waals surface area contributed by atoms with Crippen molar-refractivity contribution < 1.29 is 28.6 Å². The number of fused-ring (bicyclic) bond motifs is 1. The van der Waals surface area contributed by atoms with Crippen LogP contribution in [0.4, 0.5) is 0 Å². The number of carbonyl (C=O) groups is 3. The molecular formula is C24H31N3O6S. The third-order valence-corrected chi connectivity index (χ3v) is 7.14. The summed E-state index contributed by atoms with van der Waals surface area (Å²) in [6.07, 6.45) is 3.03. The first kappa shape index (κ1) is 25.4. The summed E-state index contributed by atoms with van der Waals surface area (Å²) in [5, 5.41) is 0. The zero-order chi connectivity index (χ0) is 25.0. The number of hydrazine groups is 1. The second-order valence-corrected chi connectivity index (χ2v) is 10.4. The third-order valence-electron chi connectivity index (χ3n) is 5.90. The number of ether oxygens (including phenoxy) is 3. The second kappa shape index (κ2) is 10.3. The lowest BCUT2D eigenvalue weighted by molar-refractivity contribution is -0.120. The van der Waals surface area contributed by atoms with Gasteiger partial charge in [-0.2, -0.15) is 0 Å². The molecule has 0 saturated heterocycles. The van der Waals surface area contributed by atoms with E-state index in [9.17, 15) is 14.4 Å². The Bertz CT molecular complexity index is 1060. The van der Waals surface area contributed by atoms with Gasteiger partial charge in [-0.1, -0.05) is 20.8 Å². The van der Waals surface area contributed by atoms with Crippen molar-refractivity contribution in [2.45, 2.75) is 40.0 Å². The summed E-state index contributed by atoms with van der Waals surface area (Å²) in [6.45, 7) is 6.37. The van der Waals surface area contributed by atoms with E-state index in [1.54, 1.807) is 0 Å². The topological polar surface area (TPSA) is 129 Å². The number of primary amides is 1. The van der Waals surface area contributed by atoms with Crippen molar-refractivity contribution in [3.8, 4) is 17.2 Å². The highest BCUT2D eigenvalue weighted by atomic mass is 32.1. The molecule has 2 aromatic rings. The number of aryl methyl sites for hydroxylation is 1. The van der Waals surface area contributed by atoms with Crippen LogP contribution in [0.3, 0.4) is 0 Å². The van der Waals surface area contributed by atoms with Crippen LogP contribution in [-0.2, 0) is 17.6 Å². The fraction of sp³-hybridized carbons (Fsp3) is 0.458. The molecule has 34 heavy (non-hydrogen) atoms. The number of hydrogen-bond donors (Lipinski definition) is 3. The lowest BCUT2D eigenvalue weighted by atomic mass is 9.72. The van der Waals surface area contributed by atoms with Crippen LogP contribution < -0.4 is 30.8 Å². The molecule has 1 aromatic carbocycles. The molecule has 3 amide bonds. The molecule has 0 spiro atoms. The summed E-state index contributed by atoms with van der Waals surface area (Å²) in [4.78, 5) is 38.2. The zero-order valence-electron chi connectivity index (χ0n) is 20.1. The third kappa shape index (κ3) is 5.80. The lowest BCUT2D eigenvalue weighted by Crippen LogP contribution is -2.41. The van der Waals surface area contributed by atoms with Crippen LogP contribution in [0.25, 0.3) is 0 Å². The van der Waals surface area contributed by atoms with Gasteiger partial charge in [-0.3, -0.25) is 25.2 Å². The smallest absolute Gasteiger partial charge is 0.279 e. The van der Waals surface area contributed by atoms with Crippen LogP contribution in [0.2, 0.25) is 0 Å². The highest BCUT2D eigenvalue weighted by Crippen LogP contribution is 2.40. The van der Waals surface area contributed by atoms with E-state index in [4.69, 9.17) is 19.9 Å². The van der Waals surface area contributed by atoms with E-state index in [-0.39, 0.29) is 40.7 Å². The predicted octanol–water partition coefficient (Wildman–Crippen LogP) is 2.86. The number of amides is 3. The standard InChI is InChI=1S/C24H31N3O6S/c1-24(2,3)15-6-7-18-13(8-15)11-19(34-18)23(30)27-26-22(29)14-9-16(31-4)21(17(10-14)32-5)33-12-20(25)28/h9-11,15H,6-8,12H2,1-5H3,(H2,25,28)(H,26,29)(H,27,30). The number of nitrogens with one attached hydrogen (secondary N) is 2. The van der Waals surface area contributed by atoms with Crippen molar-refractivity contribution >= 4 is 29.1 Å². The van der Waals surface area contributed by atoms with Gasteiger partial charge in [0.25, 0.3) is 17.7 Å². The first-order valence-corrected chi connectivity index (χ1v) is 11.7. The Morgan fingerprint density at radius 3 is 2.24 bits per heavy atom. The molecule has 1 aliphatic rings. The summed E-state index contributed by atoms with van der Waals surface area (Å²) in [6, 6.07) is 4.75. The number of nitrogens with two attached hydrogens (primary N) is 1. The molecule has 9 nitrogen and oxygen atoms in total. The molecule has 3 rings (SSSR count). The molecule has 1 aliphatic carbocycles. The summed E-state index contributed by atoms with van der Waals surface area (Å²) in [5.41, 5.74) is 11.6. The minimum atomic E-state index is -0.669. The van der Waals surface area contributed by atoms with Crippen LogP contribution in [0.15, 0.2) is 18.2 Å². The van der Waals surface area contributed by atoms with Crippen LogP contribution in [0, 0.1) is 11.3 Å². The maximum atomic E-state index is 12.7. The largest absolute Gasteiger partial charge is 0.493 e. The van der Waals surface area contributed by atoms with Gasteiger partial charge in [-0.15, -0.1) is 11.3 Å². The number of rotatable bonds is 7. The molecule has 0 fully saturated rings. The van der Waals surface area contributed by atoms with Gasteiger partial charge in [0.05, 0.1) is 19.1 Å². The number of benzene rings is 1. The predicted molar refractivity (Wildman–Crippen MR) is 128 cm³/mol. The van der Waals surface area contributed by atoms with Crippen molar-refractivity contribution in [3.63, 3.8) is 0 Å². The van der Waals surface area contributed by atoms with Crippen molar-refractivity contribution in [1.29, 1.82) is 0 Å². The van der Waals surface area contributed by atoms with Crippen LogP contribution in [-0.4, -0.2) is 38.5 Å². The minimum Gasteiger partial charge on any atom is -0.493 e. The Morgan fingerprint density at radius 1 is 1.06 bits per heavy atom. The van der Waals surface area contributed by atoms with E-state index in [2.05, 4.69) is 31.6 Å². The van der Waals surface area contributed by atoms with Gasteiger partial charge in [0.1, 0.15) is 0 Å². The molecule has 0 radical (unpaired) electrons. The highest BCUT2D eigenvalue weighted by Gasteiger charge is 2.30. The van der Waals surface area contributed by atoms with Crippen LogP contribution >= 0.6 is 11.3 Å². The average Bonchev–Trinajstić information content (AvgIpc) is 3.23. The van der Waals surface area contributed by atoms with Gasteiger partial charge in [0.2, 0.25) is 5.75 Å². The Balaban J connectivity index is 1.68. The van der Waals surface area contributed by atoms with Crippen LogP contribution in [0.1, 0.15) is 57.7 Å². The number of hydrogen-bond acceptors (Lipinski definition) is 7. The van der Waals surface area contributed by atoms with Gasteiger partial charge < -0.3 is 19.9 Å². The molecule has 0 aliphatic heterocycles. The molecule has 1 unspecified atom stereocenters. The summed E-state index contributed by atoms with van der Waals surface area (Å²) in [5.74, 6) is -0.543. The summed E-state index contributed by atoms with van der Waals surface area (Å²) >= 11 is 1.47. The van der Waals surface area contributed by atoms with Crippen molar-refractivity contribution in [2.24, 2.45) is 17.1 Å². The monoisotopic (exact) mass is 489 g/mol. The van der Waals surface area contributed by atoms with Crippen LogP contribution in [0.5, 0.6) is 17.2 Å². The van der Waals surface area contributed by atoms with Crippen molar-refractivity contribution in [3.05, 3.63) is 39.1 Å². The Kier molecular flexibility index (Phi) is 7.71. The van der Waals surface area contributed by atoms with Gasteiger partial charge in [-0.05, 0) is 54.4 Å². The van der Waals surface area contributed by atoms with Gasteiger partial charge in [0.15, 0.2) is 18.1 Å². The Hall–Kier alpha value is -3.27. The molecular weight excluding hydrogens is 458 g/mol. The number of thiophene rings is 1. The first-order chi connectivity index (χ1) is 16.0. The lowest BCUT2D eigenvalue weighted by Gasteiger charge is -2.33. The molecule has 0 bridgehead atoms. The fourth-order valence-electron chi connectivity index (χ4n) is 3.92. The van der Waals surface area contributed by atoms with E-state index in [0.717, 1.165) is 19.3 Å². The van der Waals surface area contributed by atoms with E-state index in [0.29, 0.717) is 10.8 Å². The Morgan fingerprint density at radius 2 is 1.68 bits per heavy atom. The quantitative estimate of drug-likeness (QED) is 0.513. The molecule has 0 saturated carbocycles. The second-order valence-electron chi connectivity index (χ2n) is 9.24. The first-order valence-electron chi connectivity index (χ1n) is 10.9. The highest BCUT2D eigenvalue weighted by molar-refractivity contribution is 7.14. The zero-order valence-corrected chi connectivity index (χ0v) is 20.9. The van der Waals surface area contributed by atoms with E-state index >= 15 is 0 Å². The van der Waals surface area contributed by atoms with Gasteiger partial charge in [0, 0.05) is 10.4 Å². The summed E-state index contributed by atoms with van der Waals surface area (Å²) < 4.78 is 15.9. The maximum Gasteiger partial charge on any atom is 0.279 e. The molecule has 1 heterocycles. The normalized spacial score (nSPS) is 15.1.